The van der Waals surface area contributed by atoms with E-state index in [-0.39, 0.29) is 23.6 Å². The lowest BCUT2D eigenvalue weighted by Crippen LogP contribution is -2.46. The first-order valence-electron chi connectivity index (χ1n) is 10.1. The highest BCUT2D eigenvalue weighted by atomic mass is 16.3. The van der Waals surface area contributed by atoms with Crippen LogP contribution in [0, 0.1) is 6.92 Å². The molecule has 2 aliphatic rings. The van der Waals surface area contributed by atoms with Gasteiger partial charge < -0.3 is 14.6 Å². The highest BCUT2D eigenvalue weighted by Gasteiger charge is 2.34. The molecule has 4 rings (SSSR count). The van der Waals surface area contributed by atoms with Crippen molar-refractivity contribution in [2.24, 2.45) is 0 Å². The van der Waals surface area contributed by atoms with E-state index in [2.05, 4.69) is 24.0 Å². The highest BCUT2D eigenvalue weighted by Crippen LogP contribution is 2.34. The Balaban J connectivity index is 0.000000271. The van der Waals surface area contributed by atoms with Gasteiger partial charge in [0.25, 0.3) is 5.91 Å². The van der Waals surface area contributed by atoms with E-state index in [0.29, 0.717) is 18.9 Å². The molecule has 1 fully saturated rings. The van der Waals surface area contributed by atoms with Gasteiger partial charge in [-0.1, -0.05) is 48.7 Å². The molecule has 0 saturated heterocycles. The van der Waals surface area contributed by atoms with E-state index in [1.54, 1.807) is 9.47 Å². The molecular weight excluding hydrogens is 354 g/mol. The molecule has 0 radical (unpaired) electrons. The van der Waals surface area contributed by atoms with E-state index < -0.39 is 11.3 Å². The van der Waals surface area contributed by atoms with Crippen molar-refractivity contribution >= 4 is 5.91 Å². The number of hydrogen-bond donors (Lipinski definition) is 1. The van der Waals surface area contributed by atoms with Crippen LogP contribution in [0.1, 0.15) is 67.3 Å². The number of amides is 1. The summed E-state index contributed by atoms with van der Waals surface area (Å²) < 4.78 is 1.77. The lowest BCUT2D eigenvalue weighted by atomic mass is 10.1. The van der Waals surface area contributed by atoms with Crippen molar-refractivity contribution in [1.82, 2.24) is 14.5 Å². The van der Waals surface area contributed by atoms with Crippen molar-refractivity contribution in [3.05, 3.63) is 57.8 Å². The summed E-state index contributed by atoms with van der Waals surface area (Å²) in [6.45, 7) is 7.13. The van der Waals surface area contributed by atoms with Gasteiger partial charge >= 0.3 is 5.56 Å². The van der Waals surface area contributed by atoms with E-state index in [9.17, 15) is 14.7 Å². The van der Waals surface area contributed by atoms with Gasteiger partial charge in [0.15, 0.2) is 5.69 Å². The normalized spacial score (nSPS) is 16.7. The second-order valence-electron chi connectivity index (χ2n) is 7.85. The minimum atomic E-state index is -0.679. The average Bonchev–Trinajstić information content (AvgIpc) is 3.20. The third-order valence-corrected chi connectivity index (χ3v) is 5.50. The average molecular weight is 383 g/mol. The summed E-state index contributed by atoms with van der Waals surface area (Å²) in [5.74, 6) is 0.136. The maximum Gasteiger partial charge on any atom is 0.315 e. The largest absolute Gasteiger partial charge is 0.501 e. The monoisotopic (exact) mass is 383 g/mol. The Labute approximate surface area is 165 Å². The zero-order valence-electron chi connectivity index (χ0n) is 16.9. The van der Waals surface area contributed by atoms with Crippen molar-refractivity contribution in [3.8, 4) is 5.75 Å². The standard InChI is InChI=1S/C15H21N3O3.C7H8/c1-9(2)17-7-8-18-11(15(17)21)12(19)14(20)16-13(18)10-5-3-4-6-10;1-7-5-3-2-4-6-7/h9-10,19H,3-8H2,1-2H3;2-6H,1H3. The van der Waals surface area contributed by atoms with Gasteiger partial charge in [-0.3, -0.25) is 9.59 Å². The van der Waals surface area contributed by atoms with E-state index in [0.717, 1.165) is 25.7 Å². The number of carbonyl (C=O) groups excluding carboxylic acids is 1. The maximum absolute atomic E-state index is 12.6. The molecule has 1 aliphatic heterocycles. The Morgan fingerprint density at radius 3 is 2.25 bits per heavy atom. The maximum atomic E-state index is 12.6. The number of rotatable bonds is 2. The van der Waals surface area contributed by atoms with Crippen molar-refractivity contribution in [1.29, 1.82) is 0 Å². The van der Waals surface area contributed by atoms with Crippen molar-refractivity contribution in [2.75, 3.05) is 6.54 Å². The van der Waals surface area contributed by atoms with Gasteiger partial charge in [-0.25, -0.2) is 0 Å². The third kappa shape index (κ3) is 4.11. The summed E-state index contributed by atoms with van der Waals surface area (Å²) in [7, 11) is 0. The van der Waals surface area contributed by atoms with Gasteiger partial charge in [-0.2, -0.15) is 4.98 Å². The summed E-state index contributed by atoms with van der Waals surface area (Å²) in [4.78, 5) is 30.3. The van der Waals surface area contributed by atoms with Crippen molar-refractivity contribution in [2.45, 2.75) is 65.0 Å². The molecule has 1 saturated carbocycles. The van der Waals surface area contributed by atoms with Crippen LogP contribution in [0.2, 0.25) is 0 Å². The second kappa shape index (κ2) is 8.59. The van der Waals surface area contributed by atoms with Gasteiger partial charge in [0.1, 0.15) is 5.82 Å². The van der Waals surface area contributed by atoms with E-state index >= 15 is 0 Å². The number of aromatic nitrogens is 2. The zero-order chi connectivity index (χ0) is 20.3. The first-order chi connectivity index (χ1) is 13.4. The van der Waals surface area contributed by atoms with E-state index in [4.69, 9.17) is 0 Å². The van der Waals surface area contributed by atoms with Gasteiger partial charge in [0.05, 0.1) is 0 Å². The molecule has 0 unspecified atom stereocenters. The highest BCUT2D eigenvalue weighted by molar-refractivity contribution is 5.95. The molecule has 6 nitrogen and oxygen atoms in total. The summed E-state index contributed by atoms with van der Waals surface area (Å²) >= 11 is 0. The van der Waals surface area contributed by atoms with Crippen molar-refractivity contribution < 1.29 is 9.90 Å². The lowest BCUT2D eigenvalue weighted by Gasteiger charge is -2.34. The summed E-state index contributed by atoms with van der Waals surface area (Å²) in [6, 6.07) is 10.3. The van der Waals surface area contributed by atoms with E-state index in [1.807, 2.05) is 32.0 Å². The van der Waals surface area contributed by atoms with Crippen LogP contribution in [0.15, 0.2) is 35.1 Å². The summed E-state index contributed by atoms with van der Waals surface area (Å²) in [5.41, 5.74) is 0.765. The molecule has 0 bridgehead atoms. The molecule has 2 heterocycles. The van der Waals surface area contributed by atoms with Crippen LogP contribution in [0.25, 0.3) is 0 Å². The van der Waals surface area contributed by atoms with Crippen LogP contribution in [-0.2, 0) is 6.54 Å². The second-order valence-corrected chi connectivity index (χ2v) is 7.85. The molecule has 0 atom stereocenters. The molecule has 6 heteroatoms. The predicted molar refractivity (Wildman–Crippen MR) is 109 cm³/mol. The number of fused-ring (bicyclic) bond motifs is 1. The van der Waals surface area contributed by atoms with Gasteiger partial charge in [-0.15, -0.1) is 0 Å². The van der Waals surface area contributed by atoms with Gasteiger partial charge in [-0.05, 0) is 33.6 Å². The van der Waals surface area contributed by atoms with Crippen LogP contribution in [0.4, 0.5) is 0 Å². The minimum absolute atomic E-state index is 0.0452. The van der Waals surface area contributed by atoms with E-state index in [1.165, 1.54) is 5.56 Å². The Hall–Kier alpha value is -2.63. The van der Waals surface area contributed by atoms with Crippen LogP contribution >= 0.6 is 0 Å². The number of carbonyl (C=O) groups is 1. The minimum Gasteiger partial charge on any atom is -0.501 e. The lowest BCUT2D eigenvalue weighted by molar-refractivity contribution is 0.0636. The number of benzene rings is 1. The first kappa shape index (κ1) is 20.1. The Kier molecular flexibility index (Phi) is 6.17. The number of hydrogen-bond acceptors (Lipinski definition) is 4. The van der Waals surface area contributed by atoms with Crippen LogP contribution in [0.3, 0.4) is 0 Å². The fourth-order valence-corrected chi connectivity index (χ4v) is 3.97. The SMILES string of the molecule is CC(C)N1CCn2c(C3CCCC3)nc(=O)c(O)c2C1=O.Cc1ccccc1. The number of nitrogens with zero attached hydrogens (tertiary/aromatic N) is 3. The van der Waals surface area contributed by atoms with Crippen LogP contribution in [0.5, 0.6) is 5.75 Å². The fraction of sp³-hybridized carbons (Fsp3) is 0.500. The predicted octanol–water partition coefficient (Wildman–Crippen LogP) is 3.47. The fourth-order valence-electron chi connectivity index (χ4n) is 3.97. The van der Waals surface area contributed by atoms with Crippen LogP contribution < -0.4 is 5.56 Å². The Morgan fingerprint density at radius 1 is 1.07 bits per heavy atom. The Bertz CT molecular complexity index is 884. The first-order valence-corrected chi connectivity index (χ1v) is 10.1. The summed E-state index contributed by atoms with van der Waals surface area (Å²) in [6.07, 6.45) is 4.25. The molecule has 0 spiro atoms. The number of aryl methyl sites for hydroxylation is 1. The topological polar surface area (TPSA) is 75.4 Å². The number of aromatic hydroxyl groups is 1. The molecule has 28 heavy (non-hydrogen) atoms. The molecule has 1 aliphatic carbocycles. The molecule has 2 aromatic rings. The molecule has 1 aromatic carbocycles. The van der Waals surface area contributed by atoms with Crippen LogP contribution in [-0.4, -0.2) is 38.1 Å². The molecule has 1 amide bonds. The molecular formula is C22H29N3O3. The smallest absolute Gasteiger partial charge is 0.315 e. The van der Waals surface area contributed by atoms with Gasteiger partial charge in [0.2, 0.25) is 5.75 Å². The van der Waals surface area contributed by atoms with Gasteiger partial charge in [0, 0.05) is 25.0 Å². The third-order valence-electron chi connectivity index (χ3n) is 5.50. The zero-order valence-corrected chi connectivity index (χ0v) is 16.9. The molecule has 150 valence electrons. The Morgan fingerprint density at radius 2 is 1.71 bits per heavy atom. The quantitative estimate of drug-likeness (QED) is 0.862. The summed E-state index contributed by atoms with van der Waals surface area (Å²) in [5, 5.41) is 10.0. The molecule has 1 N–H and O–H groups in total. The molecule has 1 aromatic heterocycles. The van der Waals surface area contributed by atoms with Crippen molar-refractivity contribution in [3.63, 3.8) is 0 Å².